The van der Waals surface area contributed by atoms with E-state index in [0.717, 1.165) is 11.0 Å². The molecule has 2 heterocycles. The van der Waals surface area contributed by atoms with Gasteiger partial charge in [0.15, 0.2) is 0 Å². The summed E-state index contributed by atoms with van der Waals surface area (Å²) in [7, 11) is 3.36. The third-order valence-electron chi connectivity index (χ3n) is 4.73. The summed E-state index contributed by atoms with van der Waals surface area (Å²) >= 11 is 0. The van der Waals surface area contributed by atoms with E-state index in [9.17, 15) is 9.59 Å². The van der Waals surface area contributed by atoms with Gasteiger partial charge in [-0.25, -0.2) is 4.98 Å². The van der Waals surface area contributed by atoms with Crippen molar-refractivity contribution in [3.63, 3.8) is 0 Å². The van der Waals surface area contributed by atoms with Gasteiger partial charge in [-0.05, 0) is 48.5 Å². The number of carbonyl (C=O) groups is 2. The topological polar surface area (TPSA) is 112 Å². The number of H-pyrrole nitrogens is 1. The molecule has 0 atom stereocenters. The lowest BCUT2D eigenvalue weighted by Gasteiger charge is -2.13. The Morgan fingerprint density at radius 2 is 1.88 bits per heavy atom. The Balaban J connectivity index is 1.47. The molecule has 0 saturated heterocycles. The van der Waals surface area contributed by atoms with Gasteiger partial charge in [-0.15, -0.1) is 0 Å². The zero-order valence-corrected chi connectivity index (χ0v) is 17.6. The molecule has 0 unspecified atom stereocenters. The molecule has 0 radical (unpaired) electrons. The van der Waals surface area contributed by atoms with Crippen molar-refractivity contribution < 1.29 is 14.3 Å². The summed E-state index contributed by atoms with van der Waals surface area (Å²) in [6.45, 7) is 0.178. The van der Waals surface area contributed by atoms with Gasteiger partial charge in [-0.1, -0.05) is 6.07 Å². The molecule has 9 heteroatoms. The number of fused-ring (bicyclic) bond motifs is 1. The average molecular weight is 430 g/mol. The number of rotatable bonds is 7. The maximum Gasteiger partial charge on any atom is 0.255 e. The van der Waals surface area contributed by atoms with Gasteiger partial charge in [-0.2, -0.15) is 0 Å². The lowest BCUT2D eigenvalue weighted by molar-refractivity contribution is -0.119. The van der Waals surface area contributed by atoms with Gasteiger partial charge in [0, 0.05) is 37.7 Å². The highest BCUT2D eigenvalue weighted by Crippen LogP contribution is 2.23. The number of hydrogen-bond acceptors (Lipinski definition) is 6. The van der Waals surface area contributed by atoms with Crippen molar-refractivity contribution in [3.05, 3.63) is 72.6 Å². The minimum atomic E-state index is -0.263. The molecule has 0 bridgehead atoms. The summed E-state index contributed by atoms with van der Waals surface area (Å²) in [5, 5.41) is 5.47. The number of carbonyl (C=O) groups excluding carboxylic acids is 2. The summed E-state index contributed by atoms with van der Waals surface area (Å²) in [6, 6.07) is 15.8. The number of hydrogen-bond donors (Lipinski definition) is 3. The number of nitrogens with one attached hydrogen (secondary N) is 3. The highest BCUT2D eigenvalue weighted by Gasteiger charge is 2.12. The molecular formula is C23H22N6O3. The Bertz CT molecular complexity index is 1260. The number of likely N-dealkylation sites (N-methyl/N-ethyl adjacent to an activating group) is 2. The zero-order valence-electron chi connectivity index (χ0n) is 17.6. The molecule has 4 aromatic rings. The van der Waals surface area contributed by atoms with Crippen molar-refractivity contribution in [2.45, 2.75) is 0 Å². The van der Waals surface area contributed by atoms with Crippen LogP contribution in [0.5, 0.6) is 11.5 Å². The Morgan fingerprint density at radius 3 is 2.66 bits per heavy atom. The normalized spacial score (nSPS) is 10.6. The van der Waals surface area contributed by atoms with Gasteiger partial charge in [0.05, 0.1) is 17.6 Å². The van der Waals surface area contributed by atoms with E-state index in [2.05, 4.69) is 25.6 Å². The number of benzene rings is 2. The van der Waals surface area contributed by atoms with Gasteiger partial charge in [0.2, 0.25) is 11.9 Å². The SMILES string of the molecule is CNC(=O)CN(C)c1nc2ccc(NC(=O)c3cccc(Oc4ccncc4)c3)cc2[nH]1. The molecule has 0 spiro atoms. The number of nitrogens with zero attached hydrogens (tertiary/aromatic N) is 3. The molecule has 3 N–H and O–H groups in total. The van der Waals surface area contributed by atoms with Gasteiger partial charge in [0.25, 0.3) is 5.91 Å². The minimum Gasteiger partial charge on any atom is -0.457 e. The van der Waals surface area contributed by atoms with Crippen LogP contribution in [0.4, 0.5) is 11.6 Å². The van der Waals surface area contributed by atoms with Crippen LogP contribution in [0, 0.1) is 0 Å². The standard InChI is InChI=1S/C23H22N6O3/c1-24-21(30)14-29(2)23-27-19-7-6-16(13-20(19)28-23)26-22(31)15-4-3-5-18(12-15)32-17-8-10-25-11-9-17/h3-13H,14H2,1-2H3,(H,24,30)(H,26,31)(H,27,28). The lowest BCUT2D eigenvalue weighted by Crippen LogP contribution is -2.33. The van der Waals surface area contributed by atoms with E-state index in [4.69, 9.17) is 4.74 Å². The van der Waals surface area contributed by atoms with Gasteiger partial charge in [0.1, 0.15) is 11.5 Å². The third-order valence-corrected chi connectivity index (χ3v) is 4.73. The zero-order chi connectivity index (χ0) is 22.5. The third kappa shape index (κ3) is 4.84. The molecule has 0 saturated carbocycles. The first kappa shape index (κ1) is 20.9. The highest BCUT2D eigenvalue weighted by atomic mass is 16.5. The predicted molar refractivity (Wildman–Crippen MR) is 122 cm³/mol. The van der Waals surface area contributed by atoms with Crippen molar-refractivity contribution >= 4 is 34.5 Å². The van der Waals surface area contributed by atoms with Gasteiger partial charge >= 0.3 is 0 Å². The van der Waals surface area contributed by atoms with Gasteiger partial charge < -0.3 is 25.3 Å². The predicted octanol–water partition coefficient (Wildman–Crippen LogP) is 3.18. The monoisotopic (exact) mass is 430 g/mol. The van der Waals surface area contributed by atoms with Crippen molar-refractivity contribution in [3.8, 4) is 11.5 Å². The van der Waals surface area contributed by atoms with E-state index in [1.165, 1.54) is 0 Å². The fraction of sp³-hybridized carbons (Fsp3) is 0.130. The van der Waals surface area contributed by atoms with E-state index >= 15 is 0 Å². The smallest absolute Gasteiger partial charge is 0.255 e. The van der Waals surface area contributed by atoms with Crippen LogP contribution in [0.2, 0.25) is 0 Å². The summed E-state index contributed by atoms with van der Waals surface area (Å²) in [4.78, 5) is 37.7. The van der Waals surface area contributed by atoms with E-state index in [1.807, 2.05) is 6.07 Å². The van der Waals surface area contributed by atoms with Crippen LogP contribution < -0.4 is 20.3 Å². The maximum absolute atomic E-state index is 12.8. The number of amides is 2. The molecule has 9 nitrogen and oxygen atoms in total. The molecule has 162 valence electrons. The number of ether oxygens (including phenoxy) is 1. The molecule has 0 fully saturated rings. The van der Waals surface area contributed by atoms with E-state index < -0.39 is 0 Å². The average Bonchev–Trinajstić information content (AvgIpc) is 3.23. The Hall–Kier alpha value is -4.40. The maximum atomic E-state index is 12.8. The van der Waals surface area contributed by atoms with Crippen LogP contribution >= 0.6 is 0 Å². The van der Waals surface area contributed by atoms with Gasteiger partial charge in [-0.3, -0.25) is 14.6 Å². The molecule has 32 heavy (non-hydrogen) atoms. The molecule has 2 amide bonds. The second-order valence-electron chi connectivity index (χ2n) is 7.09. The van der Waals surface area contributed by atoms with Crippen LogP contribution in [0.15, 0.2) is 67.0 Å². The van der Waals surface area contributed by atoms with Crippen molar-refractivity contribution in [2.75, 3.05) is 30.9 Å². The second kappa shape index (κ2) is 9.17. The Labute approximate surface area is 184 Å². The first-order valence-electron chi connectivity index (χ1n) is 9.92. The van der Waals surface area contributed by atoms with Crippen molar-refractivity contribution in [1.82, 2.24) is 20.3 Å². The Morgan fingerprint density at radius 1 is 1.06 bits per heavy atom. The van der Waals surface area contributed by atoms with E-state index in [0.29, 0.717) is 28.7 Å². The van der Waals surface area contributed by atoms with E-state index in [-0.39, 0.29) is 18.4 Å². The van der Waals surface area contributed by atoms with Crippen molar-refractivity contribution in [1.29, 1.82) is 0 Å². The highest BCUT2D eigenvalue weighted by molar-refractivity contribution is 6.05. The fourth-order valence-corrected chi connectivity index (χ4v) is 3.07. The van der Waals surface area contributed by atoms with E-state index in [1.54, 1.807) is 79.9 Å². The summed E-state index contributed by atoms with van der Waals surface area (Å²) < 4.78 is 5.77. The Kier molecular flexibility index (Phi) is 5.98. The number of anilines is 2. The molecule has 0 aliphatic heterocycles. The minimum absolute atomic E-state index is 0.115. The number of pyridine rings is 1. The van der Waals surface area contributed by atoms with Crippen LogP contribution in [-0.4, -0.2) is 47.4 Å². The van der Waals surface area contributed by atoms with Crippen LogP contribution in [0.3, 0.4) is 0 Å². The second-order valence-corrected chi connectivity index (χ2v) is 7.09. The summed E-state index contributed by atoms with van der Waals surface area (Å²) in [5.74, 6) is 1.38. The number of imidazole rings is 1. The molecule has 2 aromatic carbocycles. The van der Waals surface area contributed by atoms with Crippen molar-refractivity contribution in [2.24, 2.45) is 0 Å². The molecule has 4 rings (SSSR count). The summed E-state index contributed by atoms with van der Waals surface area (Å²) in [6.07, 6.45) is 3.28. The van der Waals surface area contributed by atoms with Crippen LogP contribution in [0.25, 0.3) is 11.0 Å². The van der Waals surface area contributed by atoms with Crippen LogP contribution in [0.1, 0.15) is 10.4 Å². The molecule has 2 aromatic heterocycles. The number of aromatic nitrogens is 3. The van der Waals surface area contributed by atoms with Crippen LogP contribution in [-0.2, 0) is 4.79 Å². The first-order chi connectivity index (χ1) is 15.5. The summed E-state index contributed by atoms with van der Waals surface area (Å²) in [5.41, 5.74) is 2.56. The largest absolute Gasteiger partial charge is 0.457 e. The molecular weight excluding hydrogens is 408 g/mol. The fourth-order valence-electron chi connectivity index (χ4n) is 3.07. The number of aromatic amines is 1. The lowest BCUT2D eigenvalue weighted by atomic mass is 10.2. The molecule has 0 aliphatic carbocycles. The molecule has 0 aliphatic rings. The first-order valence-corrected chi connectivity index (χ1v) is 9.92. The quantitative estimate of drug-likeness (QED) is 0.415.